The van der Waals surface area contributed by atoms with Crippen LogP contribution in [-0.2, 0) is 14.3 Å². The van der Waals surface area contributed by atoms with E-state index in [9.17, 15) is 19.5 Å². The van der Waals surface area contributed by atoms with Gasteiger partial charge in [0.2, 0.25) is 5.91 Å². The summed E-state index contributed by atoms with van der Waals surface area (Å²) in [5.41, 5.74) is 4.71. The molecule has 0 spiro atoms. The summed E-state index contributed by atoms with van der Waals surface area (Å²) in [6.07, 6.45) is 0.489. The van der Waals surface area contributed by atoms with E-state index in [4.69, 9.17) is 4.74 Å². The summed E-state index contributed by atoms with van der Waals surface area (Å²) in [5.74, 6) is -0.884. The number of carboxylic acids is 1. The normalized spacial score (nSPS) is 18.5. The van der Waals surface area contributed by atoms with Crippen LogP contribution in [0.3, 0.4) is 0 Å². The Morgan fingerprint density at radius 3 is 2.31 bits per heavy atom. The molecule has 1 fully saturated rings. The molecule has 35 heavy (non-hydrogen) atoms. The number of hydrogen-bond acceptors (Lipinski definition) is 5. The first-order chi connectivity index (χ1) is 16.8. The molecule has 2 aliphatic rings. The van der Waals surface area contributed by atoms with Crippen LogP contribution in [0, 0.1) is 5.92 Å². The maximum atomic E-state index is 12.6. The summed E-state index contributed by atoms with van der Waals surface area (Å²) in [6.45, 7) is 3.91. The number of aliphatic carboxylic acids is 1. The smallest absolute Gasteiger partial charge is 0.407 e. The van der Waals surface area contributed by atoms with Gasteiger partial charge in [0.1, 0.15) is 12.6 Å². The van der Waals surface area contributed by atoms with Gasteiger partial charge in [-0.2, -0.15) is 0 Å². The zero-order valence-corrected chi connectivity index (χ0v) is 20.3. The van der Waals surface area contributed by atoms with Gasteiger partial charge >= 0.3 is 12.1 Å². The van der Waals surface area contributed by atoms with Gasteiger partial charge in [-0.05, 0) is 41.6 Å². The molecule has 2 unspecified atom stereocenters. The summed E-state index contributed by atoms with van der Waals surface area (Å²) >= 11 is 0. The van der Waals surface area contributed by atoms with Crippen molar-refractivity contribution in [2.24, 2.45) is 5.92 Å². The van der Waals surface area contributed by atoms with E-state index in [1.807, 2.05) is 31.2 Å². The topological polar surface area (TPSA) is 99.2 Å². The fourth-order valence-electron chi connectivity index (χ4n) is 4.97. The van der Waals surface area contributed by atoms with Crippen LogP contribution < -0.4 is 5.32 Å². The molecular formula is C27H33N3O5. The summed E-state index contributed by atoms with van der Waals surface area (Å²) in [5, 5.41) is 12.1. The summed E-state index contributed by atoms with van der Waals surface area (Å²) < 4.78 is 5.56. The predicted octanol–water partition coefficient (Wildman–Crippen LogP) is 3.17. The van der Waals surface area contributed by atoms with E-state index in [0.717, 1.165) is 0 Å². The molecule has 4 rings (SSSR count). The number of nitrogens with one attached hydrogen (secondary N) is 1. The van der Waals surface area contributed by atoms with Gasteiger partial charge in [-0.3, -0.25) is 14.5 Å². The lowest BCUT2D eigenvalue weighted by Crippen LogP contribution is -2.56. The third-order valence-corrected chi connectivity index (χ3v) is 7.06. The molecule has 1 aliphatic heterocycles. The predicted molar refractivity (Wildman–Crippen MR) is 132 cm³/mol. The highest BCUT2D eigenvalue weighted by Gasteiger charge is 2.32. The fraction of sp³-hybridized carbons (Fsp3) is 0.444. The number of carboxylic acid groups (broad SMARTS) is 1. The van der Waals surface area contributed by atoms with Crippen molar-refractivity contribution in [3.8, 4) is 11.1 Å². The minimum atomic E-state index is -0.912. The number of alkyl carbamates (subject to hydrolysis) is 1. The first-order valence-corrected chi connectivity index (χ1v) is 12.1. The van der Waals surface area contributed by atoms with Crippen LogP contribution in [0.15, 0.2) is 48.5 Å². The van der Waals surface area contributed by atoms with Gasteiger partial charge in [-0.15, -0.1) is 0 Å². The number of ether oxygens (including phenoxy) is 1. The van der Waals surface area contributed by atoms with Crippen molar-refractivity contribution in [2.45, 2.75) is 31.7 Å². The first-order valence-electron chi connectivity index (χ1n) is 12.1. The average molecular weight is 480 g/mol. The van der Waals surface area contributed by atoms with Gasteiger partial charge in [0.05, 0.1) is 0 Å². The standard InChI is InChI=1S/C27H33N3O5/c1-18(15-25(31)30-14-13-29(2)24(16-30)26(32)33)11-12-28-27(34)35-17-23-21-9-5-3-7-19(21)20-8-4-6-10-22(20)23/h3-10,18,23-24H,11-17H2,1-2H3,(H,28,34)(H,32,33). The number of hydrogen-bond donors (Lipinski definition) is 2. The third kappa shape index (κ3) is 5.65. The Kier molecular flexibility index (Phi) is 7.70. The van der Waals surface area contributed by atoms with Crippen molar-refractivity contribution in [2.75, 3.05) is 39.8 Å². The van der Waals surface area contributed by atoms with Gasteiger partial charge in [-0.25, -0.2) is 4.79 Å². The van der Waals surface area contributed by atoms with Gasteiger partial charge in [0, 0.05) is 38.5 Å². The highest BCUT2D eigenvalue weighted by atomic mass is 16.5. The molecule has 2 atom stereocenters. The van der Waals surface area contributed by atoms with Gasteiger partial charge in [-0.1, -0.05) is 55.5 Å². The van der Waals surface area contributed by atoms with E-state index >= 15 is 0 Å². The Balaban J connectivity index is 1.20. The fourth-order valence-corrected chi connectivity index (χ4v) is 4.97. The zero-order chi connectivity index (χ0) is 24.9. The molecule has 1 heterocycles. The van der Waals surface area contributed by atoms with Crippen LogP contribution >= 0.6 is 0 Å². The molecular weight excluding hydrogens is 446 g/mol. The number of nitrogens with zero attached hydrogens (tertiary/aromatic N) is 2. The Hall–Kier alpha value is -3.39. The number of fused-ring (bicyclic) bond motifs is 3. The Morgan fingerprint density at radius 2 is 1.69 bits per heavy atom. The Morgan fingerprint density at radius 1 is 1.06 bits per heavy atom. The minimum Gasteiger partial charge on any atom is -0.480 e. The average Bonchev–Trinajstić information content (AvgIpc) is 3.16. The number of carbonyl (C=O) groups is 3. The zero-order valence-electron chi connectivity index (χ0n) is 20.3. The molecule has 8 heteroatoms. The minimum absolute atomic E-state index is 0.0166. The van der Waals surface area contributed by atoms with Crippen molar-refractivity contribution >= 4 is 18.0 Å². The van der Waals surface area contributed by atoms with Crippen molar-refractivity contribution in [3.05, 3.63) is 59.7 Å². The molecule has 2 N–H and O–H groups in total. The van der Waals surface area contributed by atoms with E-state index in [2.05, 4.69) is 29.6 Å². The lowest BCUT2D eigenvalue weighted by molar-refractivity contribution is -0.147. The van der Waals surface area contributed by atoms with Crippen LogP contribution in [0.25, 0.3) is 11.1 Å². The van der Waals surface area contributed by atoms with Crippen LogP contribution in [0.5, 0.6) is 0 Å². The second-order valence-corrected chi connectivity index (χ2v) is 9.52. The van der Waals surface area contributed by atoms with Crippen molar-refractivity contribution in [1.29, 1.82) is 0 Å². The molecule has 2 aromatic carbocycles. The highest BCUT2D eigenvalue weighted by Crippen LogP contribution is 2.44. The first kappa shape index (κ1) is 24.7. The Bertz CT molecular complexity index is 1040. The molecule has 0 aromatic heterocycles. The second kappa shape index (κ2) is 10.9. The van der Waals surface area contributed by atoms with E-state index in [1.165, 1.54) is 22.3 Å². The van der Waals surface area contributed by atoms with E-state index in [-0.39, 0.29) is 30.9 Å². The molecule has 0 saturated carbocycles. The third-order valence-electron chi connectivity index (χ3n) is 7.06. The van der Waals surface area contributed by atoms with Gasteiger partial charge in [0.15, 0.2) is 0 Å². The number of benzene rings is 2. The summed E-state index contributed by atoms with van der Waals surface area (Å²) in [4.78, 5) is 39.7. The summed E-state index contributed by atoms with van der Waals surface area (Å²) in [6, 6.07) is 15.7. The van der Waals surface area contributed by atoms with E-state index < -0.39 is 18.1 Å². The van der Waals surface area contributed by atoms with Crippen molar-refractivity contribution in [1.82, 2.24) is 15.1 Å². The second-order valence-electron chi connectivity index (χ2n) is 9.52. The van der Waals surface area contributed by atoms with Crippen molar-refractivity contribution in [3.63, 3.8) is 0 Å². The van der Waals surface area contributed by atoms with Crippen LogP contribution in [0.1, 0.15) is 36.8 Å². The van der Waals surface area contributed by atoms with Crippen LogP contribution in [0.4, 0.5) is 4.79 Å². The molecule has 1 aliphatic carbocycles. The summed E-state index contributed by atoms with van der Waals surface area (Å²) in [7, 11) is 1.76. The molecule has 0 bridgehead atoms. The largest absolute Gasteiger partial charge is 0.480 e. The molecule has 8 nitrogen and oxygen atoms in total. The van der Waals surface area contributed by atoms with E-state index in [1.54, 1.807) is 16.8 Å². The number of carbonyl (C=O) groups excluding carboxylic acids is 2. The highest BCUT2D eigenvalue weighted by molar-refractivity contribution is 5.80. The molecule has 186 valence electrons. The maximum absolute atomic E-state index is 12.6. The molecule has 0 radical (unpaired) electrons. The number of amides is 2. The number of piperazine rings is 1. The monoisotopic (exact) mass is 479 g/mol. The number of rotatable bonds is 8. The molecule has 2 amide bonds. The SMILES string of the molecule is CC(CCNC(=O)OCC1c2ccccc2-c2ccccc21)CC(=O)N1CCN(C)C(C(=O)O)C1. The van der Waals surface area contributed by atoms with Crippen LogP contribution in [-0.4, -0.2) is 78.8 Å². The number of likely N-dealkylation sites (N-methyl/N-ethyl adjacent to an activating group) is 1. The lowest BCUT2D eigenvalue weighted by Gasteiger charge is -2.37. The van der Waals surface area contributed by atoms with Gasteiger partial charge in [0.25, 0.3) is 0 Å². The Labute approximate surface area is 205 Å². The molecule has 1 saturated heterocycles. The lowest BCUT2D eigenvalue weighted by atomic mass is 9.98. The van der Waals surface area contributed by atoms with Gasteiger partial charge < -0.3 is 20.1 Å². The maximum Gasteiger partial charge on any atom is 0.407 e. The van der Waals surface area contributed by atoms with Crippen LogP contribution in [0.2, 0.25) is 0 Å². The quantitative estimate of drug-likeness (QED) is 0.604. The van der Waals surface area contributed by atoms with E-state index in [0.29, 0.717) is 32.5 Å². The molecule has 2 aromatic rings. The van der Waals surface area contributed by atoms with Crippen molar-refractivity contribution < 1.29 is 24.2 Å².